The van der Waals surface area contributed by atoms with Crippen LogP contribution < -0.4 is 4.74 Å². The lowest BCUT2D eigenvalue weighted by Gasteiger charge is -2.12. The Morgan fingerprint density at radius 1 is 1.50 bits per heavy atom. The van der Waals surface area contributed by atoms with Crippen LogP contribution in [-0.4, -0.2) is 17.2 Å². The van der Waals surface area contributed by atoms with E-state index in [-0.39, 0.29) is 17.4 Å². The van der Waals surface area contributed by atoms with Crippen LogP contribution in [0.15, 0.2) is 18.2 Å². The number of benzene rings is 1. The Labute approximate surface area is 81.1 Å². The molecule has 0 unspecified atom stereocenters. The summed E-state index contributed by atoms with van der Waals surface area (Å²) >= 11 is 0. The summed E-state index contributed by atoms with van der Waals surface area (Å²) in [4.78, 5) is 10.7. The molecule has 3 nitrogen and oxygen atoms in total. The van der Waals surface area contributed by atoms with Crippen LogP contribution in [0.1, 0.15) is 24.2 Å². The van der Waals surface area contributed by atoms with Crippen molar-refractivity contribution in [3.63, 3.8) is 0 Å². The van der Waals surface area contributed by atoms with Gasteiger partial charge in [0.25, 0.3) is 0 Å². The van der Waals surface area contributed by atoms with Gasteiger partial charge in [0.15, 0.2) is 11.6 Å². The minimum atomic E-state index is -1.19. The molecule has 14 heavy (non-hydrogen) atoms. The maximum absolute atomic E-state index is 13.2. The smallest absolute Gasteiger partial charge is 0.339 e. The summed E-state index contributed by atoms with van der Waals surface area (Å²) in [5, 5.41) is 8.76. The maximum Gasteiger partial charge on any atom is 0.339 e. The van der Waals surface area contributed by atoms with Crippen molar-refractivity contribution in [2.75, 3.05) is 0 Å². The number of carboxylic acid groups (broad SMARTS) is 1. The van der Waals surface area contributed by atoms with Gasteiger partial charge >= 0.3 is 5.97 Å². The van der Waals surface area contributed by atoms with Crippen LogP contribution in [0.25, 0.3) is 0 Å². The number of hydrogen-bond donors (Lipinski definition) is 1. The average molecular weight is 198 g/mol. The topological polar surface area (TPSA) is 46.5 Å². The minimum Gasteiger partial charge on any atom is -0.487 e. The van der Waals surface area contributed by atoms with E-state index in [4.69, 9.17) is 9.84 Å². The van der Waals surface area contributed by atoms with E-state index in [1.54, 1.807) is 13.8 Å². The molecule has 0 bridgehead atoms. The van der Waals surface area contributed by atoms with Gasteiger partial charge in [-0.05, 0) is 26.0 Å². The van der Waals surface area contributed by atoms with E-state index in [1.807, 2.05) is 0 Å². The van der Waals surface area contributed by atoms with Crippen molar-refractivity contribution in [2.45, 2.75) is 20.0 Å². The van der Waals surface area contributed by atoms with Crippen LogP contribution in [0.2, 0.25) is 0 Å². The molecule has 0 amide bonds. The Morgan fingerprint density at radius 2 is 2.14 bits per heavy atom. The molecule has 0 aliphatic heterocycles. The van der Waals surface area contributed by atoms with E-state index in [9.17, 15) is 9.18 Å². The van der Waals surface area contributed by atoms with Crippen LogP contribution in [-0.2, 0) is 0 Å². The van der Waals surface area contributed by atoms with Gasteiger partial charge in [-0.3, -0.25) is 0 Å². The van der Waals surface area contributed by atoms with Gasteiger partial charge in [-0.1, -0.05) is 6.07 Å². The standard InChI is InChI=1S/C10H11FO3/c1-6(2)14-9-7(10(12)13)4-3-5-8(9)11/h3-6H,1-2H3,(H,12,13). The molecule has 76 valence electrons. The Morgan fingerprint density at radius 3 is 2.64 bits per heavy atom. The number of hydrogen-bond acceptors (Lipinski definition) is 2. The molecule has 4 heteroatoms. The quantitative estimate of drug-likeness (QED) is 0.810. The van der Waals surface area contributed by atoms with E-state index in [0.29, 0.717) is 0 Å². The van der Waals surface area contributed by atoms with E-state index in [1.165, 1.54) is 18.2 Å². The summed E-state index contributed by atoms with van der Waals surface area (Å²) in [7, 11) is 0. The fourth-order valence-electron chi connectivity index (χ4n) is 1.03. The van der Waals surface area contributed by atoms with Gasteiger partial charge in [0, 0.05) is 0 Å². The van der Waals surface area contributed by atoms with Crippen molar-refractivity contribution in [1.29, 1.82) is 0 Å². The van der Waals surface area contributed by atoms with Crippen molar-refractivity contribution in [3.05, 3.63) is 29.6 Å². The third kappa shape index (κ3) is 2.22. The molecule has 0 radical (unpaired) electrons. The molecule has 0 saturated heterocycles. The number of carboxylic acids is 1. The van der Waals surface area contributed by atoms with Gasteiger partial charge in [0.2, 0.25) is 0 Å². The molecule has 1 aromatic rings. The molecule has 1 rings (SSSR count). The van der Waals surface area contributed by atoms with E-state index < -0.39 is 11.8 Å². The molecule has 0 aliphatic rings. The third-order valence-corrected chi connectivity index (χ3v) is 1.55. The summed E-state index contributed by atoms with van der Waals surface area (Å²) in [6, 6.07) is 3.82. The van der Waals surface area contributed by atoms with Crippen LogP contribution >= 0.6 is 0 Å². The molecule has 0 aliphatic carbocycles. The molecule has 0 saturated carbocycles. The zero-order valence-electron chi connectivity index (χ0n) is 7.95. The highest BCUT2D eigenvalue weighted by Gasteiger charge is 2.16. The third-order valence-electron chi connectivity index (χ3n) is 1.55. The first-order chi connectivity index (χ1) is 6.52. The lowest BCUT2D eigenvalue weighted by atomic mass is 10.2. The highest BCUT2D eigenvalue weighted by Crippen LogP contribution is 2.23. The van der Waals surface area contributed by atoms with Gasteiger partial charge in [-0.2, -0.15) is 0 Å². The predicted octanol–water partition coefficient (Wildman–Crippen LogP) is 2.31. The lowest BCUT2D eigenvalue weighted by molar-refractivity contribution is 0.0689. The highest BCUT2D eigenvalue weighted by atomic mass is 19.1. The summed E-state index contributed by atoms with van der Waals surface area (Å²) in [5.74, 6) is -2.05. The van der Waals surface area contributed by atoms with Crippen LogP contribution in [0, 0.1) is 5.82 Å². The van der Waals surface area contributed by atoms with Gasteiger partial charge in [0.05, 0.1) is 6.10 Å². The predicted molar refractivity (Wildman–Crippen MR) is 49.1 cm³/mol. The van der Waals surface area contributed by atoms with Crippen molar-refractivity contribution < 1.29 is 19.0 Å². The van der Waals surface area contributed by atoms with Crippen molar-refractivity contribution in [2.24, 2.45) is 0 Å². The fraction of sp³-hybridized carbons (Fsp3) is 0.300. The monoisotopic (exact) mass is 198 g/mol. The average Bonchev–Trinajstić information content (AvgIpc) is 2.07. The summed E-state index contributed by atoms with van der Waals surface area (Å²) in [5.41, 5.74) is -0.154. The second-order valence-electron chi connectivity index (χ2n) is 3.09. The normalized spacial score (nSPS) is 10.3. The first-order valence-electron chi connectivity index (χ1n) is 4.21. The van der Waals surface area contributed by atoms with Crippen LogP contribution in [0.3, 0.4) is 0 Å². The number of para-hydroxylation sites is 1. The van der Waals surface area contributed by atoms with E-state index in [0.717, 1.165) is 0 Å². The van der Waals surface area contributed by atoms with Crippen molar-refractivity contribution in [1.82, 2.24) is 0 Å². The number of ether oxygens (including phenoxy) is 1. The van der Waals surface area contributed by atoms with Crippen LogP contribution in [0.5, 0.6) is 5.75 Å². The molecular formula is C10H11FO3. The molecule has 0 heterocycles. The SMILES string of the molecule is CC(C)Oc1c(F)cccc1C(=O)O. The molecule has 0 atom stereocenters. The van der Waals surface area contributed by atoms with Gasteiger partial charge in [-0.15, -0.1) is 0 Å². The molecule has 0 spiro atoms. The Hall–Kier alpha value is -1.58. The minimum absolute atomic E-state index is 0.154. The molecular weight excluding hydrogens is 187 g/mol. The van der Waals surface area contributed by atoms with E-state index in [2.05, 4.69) is 0 Å². The first kappa shape index (κ1) is 10.5. The lowest BCUT2D eigenvalue weighted by Crippen LogP contribution is -2.11. The molecule has 1 aromatic carbocycles. The summed E-state index contributed by atoms with van der Waals surface area (Å²) < 4.78 is 18.3. The number of rotatable bonds is 3. The first-order valence-corrected chi connectivity index (χ1v) is 4.21. The summed E-state index contributed by atoms with van der Waals surface area (Å²) in [6.07, 6.45) is -0.259. The second-order valence-corrected chi connectivity index (χ2v) is 3.09. The van der Waals surface area contributed by atoms with Gasteiger partial charge in [0.1, 0.15) is 5.56 Å². The molecule has 1 N–H and O–H groups in total. The Kier molecular flexibility index (Phi) is 3.06. The molecule has 0 fully saturated rings. The highest BCUT2D eigenvalue weighted by molar-refractivity contribution is 5.90. The fourth-order valence-corrected chi connectivity index (χ4v) is 1.03. The number of carbonyl (C=O) groups is 1. The van der Waals surface area contributed by atoms with Gasteiger partial charge < -0.3 is 9.84 Å². The molecule has 0 aromatic heterocycles. The zero-order chi connectivity index (χ0) is 10.7. The van der Waals surface area contributed by atoms with E-state index >= 15 is 0 Å². The summed E-state index contributed by atoms with van der Waals surface area (Å²) in [6.45, 7) is 3.41. The van der Waals surface area contributed by atoms with Gasteiger partial charge in [-0.25, -0.2) is 9.18 Å². The van der Waals surface area contributed by atoms with Crippen molar-refractivity contribution >= 4 is 5.97 Å². The zero-order valence-corrected chi connectivity index (χ0v) is 7.95. The van der Waals surface area contributed by atoms with Crippen molar-refractivity contribution in [3.8, 4) is 5.75 Å². The largest absolute Gasteiger partial charge is 0.487 e. The Bertz CT molecular complexity index is 347. The Balaban J connectivity index is 3.15. The van der Waals surface area contributed by atoms with Crippen LogP contribution in [0.4, 0.5) is 4.39 Å². The maximum atomic E-state index is 13.2. The second kappa shape index (κ2) is 4.09. The number of halogens is 1. The number of aromatic carboxylic acids is 1.